The van der Waals surface area contributed by atoms with E-state index in [0.29, 0.717) is 5.82 Å². The number of aromatic nitrogens is 4. The van der Waals surface area contributed by atoms with Gasteiger partial charge in [0, 0.05) is 29.7 Å². The molecular formula is C26H23N5. The van der Waals surface area contributed by atoms with Crippen LogP contribution in [0.15, 0.2) is 91.4 Å². The molecule has 0 saturated carbocycles. The number of pyridine rings is 1. The molecule has 0 aliphatic heterocycles. The SMILES string of the molecule is Cc1cncc(-c2nc(NC(C)c3ccccc3)c3c(-c4ccccc4)ccn3n2)c1. The Morgan fingerprint density at radius 3 is 2.35 bits per heavy atom. The number of hydrogen-bond acceptors (Lipinski definition) is 4. The minimum Gasteiger partial charge on any atom is -0.362 e. The zero-order valence-corrected chi connectivity index (χ0v) is 17.5. The summed E-state index contributed by atoms with van der Waals surface area (Å²) in [6.45, 7) is 4.17. The molecule has 3 aromatic heterocycles. The van der Waals surface area contributed by atoms with E-state index in [2.05, 4.69) is 65.8 Å². The smallest absolute Gasteiger partial charge is 0.183 e. The predicted octanol–water partition coefficient (Wildman–Crippen LogP) is 5.94. The molecule has 0 aliphatic carbocycles. The van der Waals surface area contributed by atoms with Crippen LogP contribution >= 0.6 is 0 Å². The summed E-state index contributed by atoms with van der Waals surface area (Å²) in [6.07, 6.45) is 5.63. The second-order valence-corrected chi connectivity index (χ2v) is 7.70. The highest BCUT2D eigenvalue weighted by molar-refractivity contribution is 5.89. The van der Waals surface area contributed by atoms with Gasteiger partial charge in [-0.1, -0.05) is 60.7 Å². The first-order valence-corrected chi connectivity index (χ1v) is 10.4. The third-order valence-electron chi connectivity index (χ3n) is 5.38. The van der Waals surface area contributed by atoms with Gasteiger partial charge in [0.2, 0.25) is 0 Å². The van der Waals surface area contributed by atoms with Crippen molar-refractivity contribution in [2.45, 2.75) is 19.9 Å². The van der Waals surface area contributed by atoms with Gasteiger partial charge in [-0.3, -0.25) is 4.98 Å². The van der Waals surface area contributed by atoms with E-state index in [4.69, 9.17) is 10.1 Å². The van der Waals surface area contributed by atoms with Crippen molar-refractivity contribution >= 4 is 11.3 Å². The van der Waals surface area contributed by atoms with E-state index >= 15 is 0 Å². The van der Waals surface area contributed by atoms with Crippen molar-refractivity contribution in [1.29, 1.82) is 0 Å². The van der Waals surface area contributed by atoms with Gasteiger partial charge < -0.3 is 5.32 Å². The lowest BCUT2D eigenvalue weighted by Gasteiger charge is -2.17. The quantitative estimate of drug-likeness (QED) is 0.393. The molecule has 0 fully saturated rings. The van der Waals surface area contributed by atoms with E-state index in [1.54, 1.807) is 6.20 Å². The van der Waals surface area contributed by atoms with Gasteiger partial charge in [-0.2, -0.15) is 0 Å². The molecule has 0 spiro atoms. The molecule has 3 heterocycles. The first-order valence-electron chi connectivity index (χ1n) is 10.4. The third-order valence-corrected chi connectivity index (χ3v) is 5.38. The first-order chi connectivity index (χ1) is 15.2. The minimum absolute atomic E-state index is 0.0851. The molecule has 5 aromatic rings. The summed E-state index contributed by atoms with van der Waals surface area (Å²) in [5.41, 5.74) is 6.36. The van der Waals surface area contributed by atoms with Crippen molar-refractivity contribution in [1.82, 2.24) is 19.6 Å². The topological polar surface area (TPSA) is 55.1 Å². The van der Waals surface area contributed by atoms with Gasteiger partial charge in [0.1, 0.15) is 5.52 Å². The van der Waals surface area contributed by atoms with Crippen LogP contribution in [0, 0.1) is 6.92 Å². The summed E-state index contributed by atoms with van der Waals surface area (Å²) in [6, 6.07) is 25.0. The number of nitrogens with zero attached hydrogens (tertiary/aromatic N) is 4. The summed E-state index contributed by atoms with van der Waals surface area (Å²) in [7, 11) is 0. The average molecular weight is 406 g/mol. The normalized spacial score (nSPS) is 12.1. The van der Waals surface area contributed by atoms with E-state index in [1.807, 2.05) is 48.1 Å². The van der Waals surface area contributed by atoms with Crippen LogP contribution in [0.2, 0.25) is 0 Å². The number of fused-ring (bicyclic) bond motifs is 1. The zero-order valence-electron chi connectivity index (χ0n) is 17.5. The molecule has 0 radical (unpaired) electrons. The third kappa shape index (κ3) is 3.78. The first kappa shape index (κ1) is 19.0. The Bertz CT molecular complexity index is 1330. The fourth-order valence-electron chi connectivity index (χ4n) is 3.81. The Labute approximate surface area is 181 Å². The van der Waals surface area contributed by atoms with E-state index < -0.39 is 0 Å². The standard InChI is InChI=1S/C26H23N5/c1-18-15-22(17-27-16-18)25-29-26(28-19(2)20-9-5-3-6-10-20)24-23(13-14-31(24)30-25)21-11-7-4-8-12-21/h3-17,19H,1-2H3,(H,28,29,30). The second-order valence-electron chi connectivity index (χ2n) is 7.70. The van der Waals surface area contributed by atoms with Crippen molar-refractivity contribution in [3.63, 3.8) is 0 Å². The molecule has 5 heteroatoms. The molecule has 5 nitrogen and oxygen atoms in total. The zero-order chi connectivity index (χ0) is 21.2. The molecule has 1 N–H and O–H groups in total. The second kappa shape index (κ2) is 8.03. The van der Waals surface area contributed by atoms with Crippen LogP contribution in [0.1, 0.15) is 24.1 Å². The Hall–Kier alpha value is -3.99. The lowest BCUT2D eigenvalue weighted by Crippen LogP contribution is -2.11. The highest BCUT2D eigenvalue weighted by atomic mass is 15.3. The van der Waals surface area contributed by atoms with Crippen LogP contribution < -0.4 is 5.32 Å². The van der Waals surface area contributed by atoms with Crippen LogP contribution in [-0.2, 0) is 0 Å². The van der Waals surface area contributed by atoms with Crippen LogP contribution in [0.25, 0.3) is 28.0 Å². The number of rotatable bonds is 5. The molecule has 5 rings (SSSR count). The lowest BCUT2D eigenvalue weighted by molar-refractivity contribution is 0.855. The van der Waals surface area contributed by atoms with Gasteiger partial charge in [-0.25, -0.2) is 9.50 Å². The van der Waals surface area contributed by atoms with Crippen molar-refractivity contribution in [2.75, 3.05) is 5.32 Å². The summed E-state index contributed by atoms with van der Waals surface area (Å²) in [4.78, 5) is 9.28. The molecule has 2 aromatic carbocycles. The molecule has 152 valence electrons. The number of hydrogen-bond donors (Lipinski definition) is 1. The van der Waals surface area contributed by atoms with Crippen molar-refractivity contribution in [3.05, 3.63) is 103 Å². The number of anilines is 1. The lowest BCUT2D eigenvalue weighted by atomic mass is 10.1. The Morgan fingerprint density at radius 1 is 0.871 bits per heavy atom. The highest BCUT2D eigenvalue weighted by Gasteiger charge is 2.17. The van der Waals surface area contributed by atoms with E-state index in [1.165, 1.54) is 5.56 Å². The molecule has 0 amide bonds. The highest BCUT2D eigenvalue weighted by Crippen LogP contribution is 2.32. The van der Waals surface area contributed by atoms with E-state index in [9.17, 15) is 0 Å². The maximum absolute atomic E-state index is 4.95. The molecule has 31 heavy (non-hydrogen) atoms. The maximum Gasteiger partial charge on any atom is 0.183 e. The average Bonchev–Trinajstić information content (AvgIpc) is 3.25. The van der Waals surface area contributed by atoms with Crippen molar-refractivity contribution in [3.8, 4) is 22.5 Å². The van der Waals surface area contributed by atoms with Crippen LogP contribution in [0.3, 0.4) is 0 Å². The molecule has 1 unspecified atom stereocenters. The number of benzene rings is 2. The van der Waals surface area contributed by atoms with Gasteiger partial charge in [-0.15, -0.1) is 5.10 Å². The van der Waals surface area contributed by atoms with E-state index in [0.717, 1.165) is 33.6 Å². The van der Waals surface area contributed by atoms with Gasteiger partial charge in [-0.05, 0) is 42.7 Å². The molecule has 1 atom stereocenters. The largest absolute Gasteiger partial charge is 0.362 e. The maximum atomic E-state index is 4.95. The molecule has 0 aliphatic rings. The minimum atomic E-state index is 0.0851. The summed E-state index contributed by atoms with van der Waals surface area (Å²) >= 11 is 0. The fourth-order valence-corrected chi connectivity index (χ4v) is 3.81. The van der Waals surface area contributed by atoms with E-state index in [-0.39, 0.29) is 6.04 Å². The van der Waals surface area contributed by atoms with Crippen LogP contribution in [0.4, 0.5) is 5.82 Å². The van der Waals surface area contributed by atoms with Gasteiger partial charge in [0.05, 0.1) is 6.04 Å². The van der Waals surface area contributed by atoms with Gasteiger partial charge in [0.25, 0.3) is 0 Å². The Morgan fingerprint density at radius 2 is 1.61 bits per heavy atom. The van der Waals surface area contributed by atoms with Crippen LogP contribution in [-0.4, -0.2) is 19.6 Å². The van der Waals surface area contributed by atoms with Gasteiger partial charge >= 0.3 is 0 Å². The Kier molecular flexibility index (Phi) is 4.92. The van der Waals surface area contributed by atoms with Crippen LogP contribution in [0.5, 0.6) is 0 Å². The summed E-state index contributed by atoms with van der Waals surface area (Å²) < 4.78 is 1.91. The molecular weight excluding hydrogens is 382 g/mol. The molecule has 0 bridgehead atoms. The monoisotopic (exact) mass is 405 g/mol. The Balaban J connectivity index is 1.68. The molecule has 0 saturated heterocycles. The number of nitrogens with one attached hydrogen (secondary N) is 1. The van der Waals surface area contributed by atoms with Gasteiger partial charge in [0.15, 0.2) is 11.6 Å². The summed E-state index contributed by atoms with van der Waals surface area (Å²) in [5, 5.41) is 8.43. The summed E-state index contributed by atoms with van der Waals surface area (Å²) in [5.74, 6) is 1.44. The van der Waals surface area contributed by atoms with Crippen molar-refractivity contribution in [2.24, 2.45) is 0 Å². The fraction of sp³-hybridized carbons (Fsp3) is 0.115. The number of aryl methyl sites for hydroxylation is 1. The predicted molar refractivity (Wildman–Crippen MR) is 125 cm³/mol. The van der Waals surface area contributed by atoms with Crippen molar-refractivity contribution < 1.29 is 0 Å².